The van der Waals surface area contributed by atoms with Crippen molar-refractivity contribution in [2.24, 2.45) is 5.73 Å². The third-order valence-corrected chi connectivity index (χ3v) is 2.75. The molecule has 2 saturated heterocycles. The molecule has 1 unspecified atom stereocenters. The molecule has 64 valence electrons. The van der Waals surface area contributed by atoms with Crippen LogP contribution in [0.1, 0.15) is 12.8 Å². The zero-order chi connectivity index (χ0) is 8.11. The zero-order valence-corrected chi connectivity index (χ0v) is 6.22. The lowest BCUT2D eigenvalue weighted by Crippen LogP contribution is -2.58. The molecule has 0 aromatic carbocycles. The van der Waals surface area contributed by atoms with Crippen LogP contribution in [0.5, 0.6) is 0 Å². The highest BCUT2D eigenvalue weighted by molar-refractivity contribution is 5.19. The maximum absolute atomic E-state index is 12.3. The predicted octanol–water partition coefficient (Wildman–Crippen LogP) is -0.423. The van der Waals surface area contributed by atoms with Crippen molar-refractivity contribution >= 4 is 0 Å². The van der Waals surface area contributed by atoms with Gasteiger partial charge in [0.2, 0.25) is 0 Å². The van der Waals surface area contributed by atoms with Gasteiger partial charge in [-0.3, -0.25) is 0 Å². The number of hydrogen-bond donors (Lipinski definition) is 2. The van der Waals surface area contributed by atoms with Crippen LogP contribution in [0.25, 0.3) is 0 Å². The number of hydrogen-bond acceptors (Lipinski definition) is 3. The van der Waals surface area contributed by atoms with Crippen molar-refractivity contribution < 1.29 is 14.2 Å². The second kappa shape index (κ2) is 1.94. The summed E-state index contributed by atoms with van der Waals surface area (Å²) in [5, 5.41) is 8.81. The normalized spacial score (nSPS) is 54.3. The van der Waals surface area contributed by atoms with Crippen LogP contribution >= 0.6 is 0 Å². The Kier molecular flexibility index (Phi) is 1.32. The topological polar surface area (TPSA) is 55.5 Å². The Balaban J connectivity index is 2.12. The minimum atomic E-state index is -0.637. The van der Waals surface area contributed by atoms with Gasteiger partial charge in [0, 0.05) is 0 Å². The van der Waals surface area contributed by atoms with Crippen molar-refractivity contribution in [2.45, 2.75) is 30.1 Å². The van der Waals surface area contributed by atoms with Crippen LogP contribution in [0.3, 0.4) is 0 Å². The minimum absolute atomic E-state index is 0.0990. The van der Waals surface area contributed by atoms with Crippen molar-refractivity contribution in [3.63, 3.8) is 0 Å². The summed E-state index contributed by atoms with van der Waals surface area (Å²) in [7, 11) is 0. The molecule has 0 aromatic heterocycles. The molecule has 2 heterocycles. The van der Waals surface area contributed by atoms with Crippen molar-refractivity contribution in [3.8, 4) is 0 Å². The SMILES string of the molecule is NC12CC(CF)(C1)OC2CO. The van der Waals surface area contributed by atoms with E-state index < -0.39 is 17.8 Å². The molecule has 0 aromatic rings. The van der Waals surface area contributed by atoms with E-state index in [4.69, 9.17) is 15.6 Å². The molecule has 3 fully saturated rings. The predicted molar refractivity (Wildman–Crippen MR) is 36.8 cm³/mol. The van der Waals surface area contributed by atoms with Crippen LogP contribution < -0.4 is 5.73 Å². The monoisotopic (exact) mass is 161 g/mol. The number of aliphatic hydroxyl groups is 1. The molecular formula is C7H12FNO2. The Morgan fingerprint density at radius 2 is 2.27 bits per heavy atom. The van der Waals surface area contributed by atoms with Gasteiger partial charge in [-0.25, -0.2) is 4.39 Å². The Morgan fingerprint density at radius 3 is 2.55 bits per heavy atom. The first-order chi connectivity index (χ1) is 5.14. The number of nitrogens with two attached hydrogens (primary N) is 1. The average Bonchev–Trinajstić information content (AvgIpc) is 2.36. The molecule has 0 radical (unpaired) electrons. The minimum Gasteiger partial charge on any atom is -0.394 e. The second-order valence-corrected chi connectivity index (χ2v) is 3.69. The Bertz CT molecular complexity index is 177. The fourth-order valence-corrected chi connectivity index (χ4v) is 2.22. The Labute approximate surface area is 64.3 Å². The summed E-state index contributed by atoms with van der Waals surface area (Å²) in [6, 6.07) is 0. The largest absolute Gasteiger partial charge is 0.394 e. The first-order valence-electron chi connectivity index (χ1n) is 3.78. The highest BCUT2D eigenvalue weighted by Crippen LogP contribution is 2.53. The third kappa shape index (κ3) is 0.774. The lowest BCUT2D eigenvalue weighted by atomic mass is 9.67. The molecule has 11 heavy (non-hydrogen) atoms. The summed E-state index contributed by atoms with van der Waals surface area (Å²) in [5.74, 6) is 0. The molecule has 3 aliphatic rings. The van der Waals surface area contributed by atoms with Crippen LogP contribution in [-0.2, 0) is 4.74 Å². The summed E-state index contributed by atoms with van der Waals surface area (Å²) in [4.78, 5) is 0. The summed E-state index contributed by atoms with van der Waals surface area (Å²) < 4.78 is 17.6. The maximum Gasteiger partial charge on any atom is 0.119 e. The number of halogens is 1. The summed E-state index contributed by atoms with van der Waals surface area (Å²) >= 11 is 0. The smallest absolute Gasteiger partial charge is 0.119 e. The number of ether oxygens (including phenoxy) is 1. The van der Waals surface area contributed by atoms with Gasteiger partial charge in [-0.1, -0.05) is 0 Å². The Hall–Kier alpha value is -0.190. The summed E-state index contributed by atoms with van der Waals surface area (Å²) in [5.41, 5.74) is 4.73. The van der Waals surface area contributed by atoms with Gasteiger partial charge in [-0.2, -0.15) is 0 Å². The van der Waals surface area contributed by atoms with Gasteiger partial charge in [0.15, 0.2) is 0 Å². The van der Waals surface area contributed by atoms with Crippen LogP contribution in [0.4, 0.5) is 4.39 Å². The van der Waals surface area contributed by atoms with E-state index in [-0.39, 0.29) is 12.7 Å². The number of rotatable bonds is 2. The highest BCUT2D eigenvalue weighted by Gasteiger charge is 2.65. The molecule has 4 heteroatoms. The van der Waals surface area contributed by atoms with Crippen molar-refractivity contribution in [2.75, 3.05) is 13.3 Å². The maximum atomic E-state index is 12.3. The van der Waals surface area contributed by atoms with Crippen molar-refractivity contribution in [1.29, 1.82) is 0 Å². The third-order valence-electron chi connectivity index (χ3n) is 2.75. The standard InChI is InChI=1S/C7H12FNO2/c8-4-6-2-7(9,3-6)5(1-10)11-6/h5,10H,1-4,9H2. The van der Waals surface area contributed by atoms with E-state index in [2.05, 4.69) is 0 Å². The molecular weight excluding hydrogens is 149 g/mol. The van der Waals surface area contributed by atoms with Crippen LogP contribution in [0.2, 0.25) is 0 Å². The Morgan fingerprint density at radius 1 is 1.64 bits per heavy atom. The molecule has 2 aliphatic heterocycles. The number of fused-ring (bicyclic) bond motifs is 1. The van der Waals surface area contributed by atoms with Gasteiger partial charge in [0.25, 0.3) is 0 Å². The van der Waals surface area contributed by atoms with Gasteiger partial charge < -0.3 is 15.6 Å². The average molecular weight is 161 g/mol. The lowest BCUT2D eigenvalue weighted by Gasteiger charge is -2.40. The van der Waals surface area contributed by atoms with Gasteiger partial charge in [0.05, 0.1) is 18.2 Å². The number of aliphatic hydroxyl groups excluding tert-OH is 1. The molecule has 0 spiro atoms. The summed E-state index contributed by atoms with van der Waals surface area (Å²) in [6.07, 6.45) is 0.766. The van der Waals surface area contributed by atoms with Crippen LogP contribution in [0.15, 0.2) is 0 Å². The quantitative estimate of drug-likeness (QED) is 0.578. The summed E-state index contributed by atoms with van der Waals surface area (Å²) in [6.45, 7) is -0.583. The van der Waals surface area contributed by atoms with E-state index in [1.165, 1.54) is 0 Å². The molecule has 1 saturated carbocycles. The molecule has 1 aliphatic carbocycles. The molecule has 2 bridgehead atoms. The number of alkyl halides is 1. The van der Waals surface area contributed by atoms with E-state index in [1.807, 2.05) is 0 Å². The first-order valence-corrected chi connectivity index (χ1v) is 3.78. The van der Waals surface area contributed by atoms with E-state index in [0.717, 1.165) is 0 Å². The van der Waals surface area contributed by atoms with Crippen molar-refractivity contribution in [3.05, 3.63) is 0 Å². The van der Waals surface area contributed by atoms with Gasteiger partial charge in [-0.15, -0.1) is 0 Å². The first kappa shape index (κ1) is 7.46. The van der Waals surface area contributed by atoms with E-state index in [0.29, 0.717) is 12.8 Å². The molecule has 1 atom stereocenters. The second-order valence-electron chi connectivity index (χ2n) is 3.69. The lowest BCUT2D eigenvalue weighted by molar-refractivity contribution is -0.0515. The van der Waals surface area contributed by atoms with Gasteiger partial charge in [-0.05, 0) is 12.8 Å². The van der Waals surface area contributed by atoms with E-state index >= 15 is 0 Å². The molecule has 3 N–H and O–H groups in total. The fraction of sp³-hybridized carbons (Fsp3) is 1.00. The van der Waals surface area contributed by atoms with E-state index in [1.54, 1.807) is 0 Å². The van der Waals surface area contributed by atoms with Crippen LogP contribution in [-0.4, -0.2) is 35.6 Å². The highest BCUT2D eigenvalue weighted by atomic mass is 19.1. The van der Waals surface area contributed by atoms with Gasteiger partial charge in [0.1, 0.15) is 12.3 Å². The van der Waals surface area contributed by atoms with Crippen molar-refractivity contribution in [1.82, 2.24) is 0 Å². The fourth-order valence-electron chi connectivity index (χ4n) is 2.22. The molecule has 0 amide bonds. The van der Waals surface area contributed by atoms with Gasteiger partial charge >= 0.3 is 0 Å². The molecule has 3 nitrogen and oxygen atoms in total. The van der Waals surface area contributed by atoms with E-state index in [9.17, 15) is 4.39 Å². The molecule has 3 rings (SSSR count). The van der Waals surface area contributed by atoms with Crippen LogP contribution in [0, 0.1) is 0 Å². The zero-order valence-electron chi connectivity index (χ0n) is 6.22.